The Morgan fingerprint density at radius 2 is 2.06 bits per heavy atom. The van der Waals surface area contributed by atoms with Gasteiger partial charge in [-0.15, -0.1) is 23.4 Å². The maximum atomic E-state index is 13.1. The van der Waals surface area contributed by atoms with Crippen LogP contribution in [0.2, 0.25) is 0 Å². The van der Waals surface area contributed by atoms with Crippen molar-refractivity contribution in [3.05, 3.63) is 0 Å². The maximum absolute atomic E-state index is 13.1. The first-order valence-electron chi connectivity index (χ1n) is 10.7. The van der Waals surface area contributed by atoms with Crippen molar-refractivity contribution in [1.82, 2.24) is 10.2 Å². The lowest BCUT2D eigenvalue weighted by Gasteiger charge is -2.46. The van der Waals surface area contributed by atoms with Gasteiger partial charge in [-0.1, -0.05) is 13.3 Å². The number of nitrogens with zero attached hydrogens (tertiary/aromatic N) is 1. The summed E-state index contributed by atoms with van der Waals surface area (Å²) in [7, 11) is -1.64. The van der Waals surface area contributed by atoms with Crippen LogP contribution in [0.5, 0.6) is 0 Å². The van der Waals surface area contributed by atoms with E-state index in [0.29, 0.717) is 5.92 Å². The number of ether oxygens (including phenoxy) is 2. The number of carbonyl (C=O) groups is 1. The number of thioether (sulfide) groups is 1. The Balaban J connectivity index is 2.20. The standard InChI is InChI=1S/C19H36ClN2O8PS/c1-6-7-11-8-12(22(3)9-11)18(24)21-13(10(2)20)15-14(23)16(28-4)17(19(29-15)32-5)30-31(25,26)27/h10-17,19,23H,6-9H2,1-5H3,(H,21,24)(H2,25,26,27)/t10-,11+,12-,13+,14-,15+,16-,17+,19+/m0/s1. The summed E-state index contributed by atoms with van der Waals surface area (Å²) in [5.41, 5.74) is -0.862. The number of halogens is 1. The highest BCUT2D eigenvalue weighted by atomic mass is 35.5. The molecular formula is C19H36ClN2O8PS. The number of hydrogen-bond acceptors (Lipinski definition) is 8. The van der Waals surface area contributed by atoms with Crippen molar-refractivity contribution < 1.29 is 38.3 Å². The molecule has 10 nitrogen and oxygen atoms in total. The quantitative estimate of drug-likeness (QED) is 0.246. The van der Waals surface area contributed by atoms with Gasteiger partial charge in [0.1, 0.15) is 29.9 Å². The molecule has 0 aliphatic carbocycles. The summed E-state index contributed by atoms with van der Waals surface area (Å²) in [6, 6.07) is -1.06. The summed E-state index contributed by atoms with van der Waals surface area (Å²) in [6.45, 7) is 4.66. The average molecular weight is 519 g/mol. The number of alkyl halides is 1. The van der Waals surface area contributed by atoms with E-state index in [4.69, 9.17) is 25.6 Å². The van der Waals surface area contributed by atoms with Gasteiger partial charge in [-0.25, -0.2) is 4.57 Å². The van der Waals surface area contributed by atoms with Crippen LogP contribution in [0.15, 0.2) is 0 Å². The molecule has 13 heteroatoms. The van der Waals surface area contributed by atoms with E-state index in [0.717, 1.165) is 37.6 Å². The number of aliphatic hydroxyl groups excluding tert-OH is 1. The van der Waals surface area contributed by atoms with Gasteiger partial charge in [0.2, 0.25) is 5.91 Å². The van der Waals surface area contributed by atoms with E-state index < -0.39 is 49.1 Å². The number of amides is 1. The monoisotopic (exact) mass is 518 g/mol. The molecule has 0 aromatic carbocycles. The average Bonchev–Trinajstić information content (AvgIpc) is 3.06. The fourth-order valence-corrected chi connectivity index (χ4v) is 6.18. The summed E-state index contributed by atoms with van der Waals surface area (Å²) in [5.74, 6) is 0.260. The number of nitrogens with one attached hydrogen (secondary N) is 1. The highest BCUT2D eigenvalue weighted by Gasteiger charge is 2.52. The van der Waals surface area contributed by atoms with Crippen molar-refractivity contribution in [1.29, 1.82) is 0 Å². The Morgan fingerprint density at radius 3 is 2.56 bits per heavy atom. The maximum Gasteiger partial charge on any atom is 0.470 e. The van der Waals surface area contributed by atoms with Crippen LogP contribution in [0.25, 0.3) is 0 Å². The summed E-state index contributed by atoms with van der Waals surface area (Å²) in [4.78, 5) is 33.7. The SMILES string of the molecule is CCC[C@@H]1C[C@@H](C(=O)N[C@@H]([C@H]2O[C@H](SC)[C@H](OP(=O)(O)O)[C@@H](OC)[C@H]2O)[C@H](C)Cl)N(C)C1. The third kappa shape index (κ3) is 7.04. The minimum atomic E-state index is -4.87. The van der Waals surface area contributed by atoms with Gasteiger partial charge in [-0.2, -0.15) is 0 Å². The van der Waals surface area contributed by atoms with Crippen molar-refractivity contribution in [3.8, 4) is 0 Å². The Hall–Kier alpha value is 0.0600. The second-order valence-corrected chi connectivity index (χ2v) is 11.3. The number of carbonyl (C=O) groups excluding carboxylic acids is 1. The van der Waals surface area contributed by atoms with Crippen molar-refractivity contribution >= 4 is 37.1 Å². The van der Waals surface area contributed by atoms with Crippen LogP contribution in [-0.2, 0) is 23.4 Å². The molecule has 32 heavy (non-hydrogen) atoms. The van der Waals surface area contributed by atoms with Gasteiger partial charge in [-0.05, 0) is 39.0 Å². The normalized spacial score (nSPS) is 36.1. The van der Waals surface area contributed by atoms with Crippen molar-refractivity contribution in [3.63, 3.8) is 0 Å². The fourth-order valence-electron chi connectivity index (χ4n) is 4.63. The lowest BCUT2D eigenvalue weighted by molar-refractivity contribution is -0.209. The summed E-state index contributed by atoms with van der Waals surface area (Å²) in [5, 5.41) is 13.3. The topological polar surface area (TPSA) is 138 Å². The summed E-state index contributed by atoms with van der Waals surface area (Å²) < 4.78 is 27.6. The zero-order valence-corrected chi connectivity index (χ0v) is 21.6. The lowest BCUT2D eigenvalue weighted by atomic mass is 9.92. The van der Waals surface area contributed by atoms with E-state index in [1.54, 1.807) is 13.2 Å². The number of rotatable bonds is 10. The Labute approximate surface area is 198 Å². The Bertz CT molecular complexity index is 671. The summed E-state index contributed by atoms with van der Waals surface area (Å²) in [6.07, 6.45) is -0.0929. The highest BCUT2D eigenvalue weighted by molar-refractivity contribution is 7.99. The smallest absolute Gasteiger partial charge is 0.387 e. The van der Waals surface area contributed by atoms with Crippen LogP contribution in [0.1, 0.15) is 33.1 Å². The first-order chi connectivity index (χ1) is 14.9. The van der Waals surface area contributed by atoms with Crippen molar-refractivity contribution in [2.75, 3.05) is 27.0 Å². The molecule has 2 heterocycles. The van der Waals surface area contributed by atoms with E-state index in [1.807, 2.05) is 11.9 Å². The number of aliphatic hydroxyl groups is 1. The van der Waals surface area contributed by atoms with Crippen LogP contribution < -0.4 is 5.32 Å². The first kappa shape index (κ1) is 28.3. The molecule has 4 N–H and O–H groups in total. The van der Waals surface area contributed by atoms with E-state index in [2.05, 4.69) is 12.2 Å². The minimum Gasteiger partial charge on any atom is -0.387 e. The number of likely N-dealkylation sites (tertiary alicyclic amines) is 1. The molecule has 2 aliphatic heterocycles. The first-order valence-corrected chi connectivity index (χ1v) is 14.0. The third-order valence-corrected chi connectivity index (χ3v) is 7.75. The molecule has 188 valence electrons. The molecular weight excluding hydrogens is 483 g/mol. The molecule has 0 unspecified atom stereocenters. The van der Waals surface area contributed by atoms with Gasteiger partial charge < -0.3 is 29.7 Å². The number of phosphoric acid groups is 1. The number of likely N-dealkylation sites (N-methyl/N-ethyl adjacent to an activating group) is 1. The molecule has 0 radical (unpaired) electrons. The molecule has 0 saturated carbocycles. The molecule has 2 aliphatic rings. The Kier molecular flexibility index (Phi) is 10.7. The molecule has 2 saturated heterocycles. The van der Waals surface area contributed by atoms with Gasteiger partial charge in [0.05, 0.1) is 17.5 Å². The second-order valence-electron chi connectivity index (χ2n) is 8.51. The van der Waals surface area contributed by atoms with Crippen LogP contribution in [0.3, 0.4) is 0 Å². The zero-order chi connectivity index (χ0) is 24.2. The molecule has 0 aromatic heterocycles. The fraction of sp³-hybridized carbons (Fsp3) is 0.947. The predicted octanol–water partition coefficient (Wildman–Crippen LogP) is 1.16. The third-order valence-electron chi connectivity index (χ3n) is 6.11. The van der Waals surface area contributed by atoms with Crippen LogP contribution in [-0.4, -0.2) is 100.0 Å². The molecule has 0 aromatic rings. The van der Waals surface area contributed by atoms with Crippen molar-refractivity contribution in [2.24, 2.45) is 5.92 Å². The van der Waals surface area contributed by atoms with Crippen LogP contribution >= 0.6 is 31.2 Å². The van der Waals surface area contributed by atoms with E-state index in [1.165, 1.54) is 7.11 Å². The number of methoxy groups -OCH3 is 1. The van der Waals surface area contributed by atoms with E-state index >= 15 is 0 Å². The van der Waals surface area contributed by atoms with Gasteiger partial charge >= 0.3 is 7.82 Å². The van der Waals surface area contributed by atoms with Gasteiger partial charge in [0.25, 0.3) is 0 Å². The molecule has 1 amide bonds. The number of hydrogen-bond donors (Lipinski definition) is 4. The molecule has 0 bridgehead atoms. The minimum absolute atomic E-state index is 0.192. The van der Waals surface area contributed by atoms with Crippen molar-refractivity contribution in [2.45, 2.75) is 80.4 Å². The van der Waals surface area contributed by atoms with Gasteiger partial charge in [-0.3, -0.25) is 14.2 Å². The van der Waals surface area contributed by atoms with E-state index in [9.17, 15) is 24.3 Å². The molecule has 2 fully saturated rings. The predicted molar refractivity (Wildman–Crippen MR) is 123 cm³/mol. The highest BCUT2D eigenvalue weighted by Crippen LogP contribution is 2.44. The molecule has 2 rings (SSSR count). The van der Waals surface area contributed by atoms with E-state index in [-0.39, 0.29) is 11.9 Å². The van der Waals surface area contributed by atoms with Gasteiger partial charge in [0.15, 0.2) is 0 Å². The Morgan fingerprint density at radius 1 is 1.41 bits per heavy atom. The molecule has 0 spiro atoms. The lowest BCUT2D eigenvalue weighted by Crippen LogP contribution is -2.65. The van der Waals surface area contributed by atoms with Gasteiger partial charge in [0, 0.05) is 13.7 Å². The van der Waals surface area contributed by atoms with Crippen LogP contribution in [0.4, 0.5) is 0 Å². The summed E-state index contributed by atoms with van der Waals surface area (Å²) >= 11 is 7.56. The van der Waals surface area contributed by atoms with Crippen LogP contribution in [0, 0.1) is 5.92 Å². The second kappa shape index (κ2) is 12.2. The largest absolute Gasteiger partial charge is 0.470 e. The molecule has 9 atom stereocenters. The zero-order valence-electron chi connectivity index (χ0n) is 19.1. The number of phosphoric ester groups is 1.